The second kappa shape index (κ2) is 5.50. The van der Waals surface area contributed by atoms with E-state index in [1.165, 1.54) is 0 Å². The van der Waals surface area contributed by atoms with E-state index in [0.717, 1.165) is 29.1 Å². The van der Waals surface area contributed by atoms with E-state index in [1.54, 1.807) is 0 Å². The van der Waals surface area contributed by atoms with Gasteiger partial charge in [-0.15, -0.1) is 0 Å². The van der Waals surface area contributed by atoms with Gasteiger partial charge in [0, 0.05) is 23.5 Å². The van der Waals surface area contributed by atoms with Crippen molar-refractivity contribution < 1.29 is 4.84 Å². The molecule has 1 heterocycles. The van der Waals surface area contributed by atoms with E-state index in [9.17, 15) is 0 Å². The van der Waals surface area contributed by atoms with Crippen molar-refractivity contribution in [1.82, 2.24) is 4.90 Å². The summed E-state index contributed by atoms with van der Waals surface area (Å²) >= 11 is 0. The Kier molecular flexibility index (Phi) is 4.29. The molecule has 0 saturated heterocycles. The van der Waals surface area contributed by atoms with Crippen molar-refractivity contribution in [2.24, 2.45) is 5.90 Å². The lowest BCUT2D eigenvalue weighted by molar-refractivity contribution is 0.123. The minimum Gasteiger partial charge on any atom is -0.347 e. The minimum atomic E-state index is 0.479. The maximum Gasteiger partial charge on any atom is 0.0950 e. The molecule has 0 saturated carbocycles. The molecule has 1 aliphatic rings. The molecule has 2 N–H and O–H groups in total. The maximum absolute atomic E-state index is 8.85. The highest BCUT2D eigenvalue weighted by molar-refractivity contribution is 5.46. The summed E-state index contributed by atoms with van der Waals surface area (Å²) in [5.74, 6) is 5.02. The molecule has 0 atom stereocenters. The van der Waals surface area contributed by atoms with Crippen LogP contribution in [0, 0.1) is 11.3 Å². The quantitative estimate of drug-likeness (QED) is 0.581. The molecule has 0 radical (unpaired) electrons. The van der Waals surface area contributed by atoms with Crippen molar-refractivity contribution in [3.63, 3.8) is 0 Å². The fourth-order valence-electron chi connectivity index (χ4n) is 1.70. The normalized spacial score (nSPS) is 15.4. The van der Waals surface area contributed by atoms with Gasteiger partial charge in [0.05, 0.1) is 12.7 Å². The third kappa shape index (κ3) is 2.72. The molecule has 4 nitrogen and oxygen atoms in total. The van der Waals surface area contributed by atoms with Crippen LogP contribution in [-0.4, -0.2) is 18.1 Å². The molecule has 86 valence electrons. The average Bonchev–Trinajstić information content (AvgIpc) is 2.26. The molecule has 16 heavy (non-hydrogen) atoms. The van der Waals surface area contributed by atoms with E-state index >= 15 is 0 Å². The number of allylic oxidation sites excluding steroid dienone is 6. The summed E-state index contributed by atoms with van der Waals surface area (Å²) in [6.45, 7) is 7.05. The highest BCUT2D eigenvalue weighted by Gasteiger charge is 2.13. The lowest BCUT2D eigenvalue weighted by Crippen LogP contribution is -2.27. The molecule has 0 unspecified atom stereocenters. The van der Waals surface area contributed by atoms with Crippen molar-refractivity contribution in [1.29, 1.82) is 5.26 Å². The fraction of sp³-hybridized carbons (Fsp3) is 0.417. The Morgan fingerprint density at radius 1 is 1.44 bits per heavy atom. The Labute approximate surface area is 96.2 Å². The molecular formula is C12H17N3O. The molecular weight excluding hydrogens is 202 g/mol. The zero-order valence-corrected chi connectivity index (χ0v) is 9.95. The number of rotatable bonds is 3. The summed E-state index contributed by atoms with van der Waals surface area (Å²) in [7, 11) is 0. The number of hydrogen-bond donors (Lipinski definition) is 1. The molecule has 0 spiro atoms. The van der Waals surface area contributed by atoms with Crippen LogP contribution in [0.2, 0.25) is 0 Å². The maximum atomic E-state index is 8.85. The number of hydrogen-bond acceptors (Lipinski definition) is 4. The summed E-state index contributed by atoms with van der Waals surface area (Å²) in [4.78, 5) is 6.69. The van der Waals surface area contributed by atoms with E-state index in [4.69, 9.17) is 11.2 Å². The zero-order chi connectivity index (χ0) is 12.1. The number of nitrogens with two attached hydrogens (primary N) is 1. The first-order chi connectivity index (χ1) is 7.60. The first-order valence-corrected chi connectivity index (χ1v) is 5.17. The second-order valence-corrected chi connectivity index (χ2v) is 3.79. The van der Waals surface area contributed by atoms with Crippen LogP contribution in [0.5, 0.6) is 0 Å². The van der Waals surface area contributed by atoms with Gasteiger partial charge in [0.2, 0.25) is 0 Å². The Balaban J connectivity index is 2.93. The summed E-state index contributed by atoms with van der Waals surface area (Å²) in [6, 6.07) is 2.16. The van der Waals surface area contributed by atoms with Crippen LogP contribution in [0.15, 0.2) is 34.7 Å². The third-order valence-corrected chi connectivity index (χ3v) is 2.61. The van der Waals surface area contributed by atoms with Crippen LogP contribution in [0.3, 0.4) is 0 Å². The third-order valence-electron chi connectivity index (χ3n) is 2.61. The van der Waals surface area contributed by atoms with Crippen molar-refractivity contribution in [2.45, 2.75) is 20.8 Å². The van der Waals surface area contributed by atoms with E-state index < -0.39 is 0 Å². The first-order valence-electron chi connectivity index (χ1n) is 5.17. The fourth-order valence-corrected chi connectivity index (χ4v) is 1.70. The van der Waals surface area contributed by atoms with Gasteiger partial charge in [-0.05, 0) is 38.5 Å². The van der Waals surface area contributed by atoms with Crippen LogP contribution < -0.4 is 5.90 Å². The Bertz CT molecular complexity index is 377. The van der Waals surface area contributed by atoms with E-state index in [0.29, 0.717) is 6.61 Å². The molecule has 0 aromatic heterocycles. The Hall–Kier alpha value is -1.57. The van der Waals surface area contributed by atoms with E-state index in [2.05, 4.69) is 15.8 Å². The van der Waals surface area contributed by atoms with Gasteiger partial charge >= 0.3 is 0 Å². The van der Waals surface area contributed by atoms with E-state index in [1.807, 2.05) is 32.9 Å². The highest BCUT2D eigenvalue weighted by Crippen LogP contribution is 2.23. The topological polar surface area (TPSA) is 62.3 Å². The lowest BCUT2D eigenvalue weighted by atomic mass is 10.0. The molecule has 0 aliphatic carbocycles. The zero-order valence-electron chi connectivity index (χ0n) is 9.95. The highest BCUT2D eigenvalue weighted by atomic mass is 16.6. The van der Waals surface area contributed by atoms with Gasteiger partial charge in [-0.3, -0.25) is 0 Å². The monoisotopic (exact) mass is 219 g/mol. The Morgan fingerprint density at radius 3 is 2.44 bits per heavy atom. The average molecular weight is 219 g/mol. The molecule has 1 aliphatic heterocycles. The molecule has 0 bridgehead atoms. The van der Waals surface area contributed by atoms with Gasteiger partial charge in [-0.1, -0.05) is 0 Å². The van der Waals surface area contributed by atoms with Crippen LogP contribution in [-0.2, 0) is 4.84 Å². The minimum absolute atomic E-state index is 0.479. The van der Waals surface area contributed by atoms with Crippen LogP contribution >= 0.6 is 0 Å². The number of nitriles is 1. The molecule has 0 aromatic carbocycles. The van der Waals surface area contributed by atoms with Gasteiger partial charge in [-0.25, -0.2) is 5.90 Å². The molecule has 1 rings (SSSR count). The largest absolute Gasteiger partial charge is 0.347 e. The summed E-state index contributed by atoms with van der Waals surface area (Å²) in [5.41, 5.74) is 3.90. The van der Waals surface area contributed by atoms with Gasteiger partial charge in [-0.2, -0.15) is 5.26 Å². The van der Waals surface area contributed by atoms with Crippen molar-refractivity contribution in [2.75, 3.05) is 13.2 Å². The molecule has 0 fully saturated rings. The first kappa shape index (κ1) is 12.5. The predicted octanol–water partition coefficient (Wildman–Crippen LogP) is 1.84. The summed E-state index contributed by atoms with van der Waals surface area (Å²) in [5, 5.41) is 8.85. The van der Waals surface area contributed by atoms with Gasteiger partial charge in [0.1, 0.15) is 0 Å². The SMILES string of the molecule is CC1=CC(=C(C)C#N)C=C(C)N1CCON. The smallest absolute Gasteiger partial charge is 0.0950 e. The van der Waals surface area contributed by atoms with Crippen molar-refractivity contribution in [3.05, 3.63) is 34.7 Å². The molecule has 4 heteroatoms. The van der Waals surface area contributed by atoms with Crippen LogP contribution in [0.25, 0.3) is 0 Å². The van der Waals surface area contributed by atoms with Gasteiger partial charge in [0.25, 0.3) is 0 Å². The summed E-state index contributed by atoms with van der Waals surface area (Å²) in [6.07, 6.45) is 4.00. The Morgan fingerprint density at radius 2 is 2.00 bits per heavy atom. The van der Waals surface area contributed by atoms with Crippen molar-refractivity contribution >= 4 is 0 Å². The van der Waals surface area contributed by atoms with Crippen molar-refractivity contribution in [3.8, 4) is 6.07 Å². The van der Waals surface area contributed by atoms with E-state index in [-0.39, 0.29) is 0 Å². The summed E-state index contributed by atoms with van der Waals surface area (Å²) < 4.78 is 0. The van der Waals surface area contributed by atoms with Crippen LogP contribution in [0.4, 0.5) is 0 Å². The second-order valence-electron chi connectivity index (χ2n) is 3.79. The van der Waals surface area contributed by atoms with Gasteiger partial charge in [0.15, 0.2) is 0 Å². The van der Waals surface area contributed by atoms with Crippen LogP contribution in [0.1, 0.15) is 20.8 Å². The standard InChI is InChI=1S/C12H17N3O/c1-9(8-13)12-6-10(2)15(4-5-16-14)11(3)7-12/h6-7H,4-5,14H2,1-3H3. The predicted molar refractivity (Wildman–Crippen MR) is 62.7 cm³/mol. The number of nitrogens with zero attached hydrogens (tertiary/aromatic N) is 2. The van der Waals surface area contributed by atoms with Gasteiger partial charge < -0.3 is 9.74 Å². The molecule has 0 aromatic rings. The molecule has 0 amide bonds. The lowest BCUT2D eigenvalue weighted by Gasteiger charge is -2.29.